The summed E-state index contributed by atoms with van der Waals surface area (Å²) >= 11 is 6.14. The number of anilines is 2. The molecule has 3 rings (SSSR count). The quantitative estimate of drug-likeness (QED) is 0.633. The fourth-order valence-corrected chi connectivity index (χ4v) is 3.04. The standard InChI is InChI=1S/C20H22ClN5O2/c1-4-22-20(27)12-17-11-19(24-15-8-14(21)9-18(10-15)28-3)25-26(17)16-5-6-23-13(2)7-16/h5-11H,4,12H2,1-3H3,(H,22,27)(H,24,25). The minimum Gasteiger partial charge on any atom is -0.497 e. The molecular weight excluding hydrogens is 378 g/mol. The van der Waals surface area contributed by atoms with Crippen molar-refractivity contribution in [2.24, 2.45) is 0 Å². The molecule has 0 saturated carbocycles. The smallest absolute Gasteiger partial charge is 0.226 e. The van der Waals surface area contributed by atoms with Gasteiger partial charge in [0.05, 0.1) is 24.9 Å². The maximum absolute atomic E-state index is 12.1. The fourth-order valence-electron chi connectivity index (χ4n) is 2.82. The Bertz CT molecular complexity index is 986. The maximum Gasteiger partial charge on any atom is 0.226 e. The van der Waals surface area contributed by atoms with Gasteiger partial charge in [-0.2, -0.15) is 0 Å². The molecule has 2 N–H and O–H groups in total. The number of likely N-dealkylation sites (N-methyl/N-ethyl adjacent to an activating group) is 1. The van der Waals surface area contributed by atoms with Crippen molar-refractivity contribution in [3.63, 3.8) is 0 Å². The Labute approximate surface area is 168 Å². The highest BCUT2D eigenvalue weighted by Crippen LogP contribution is 2.27. The van der Waals surface area contributed by atoms with E-state index in [1.807, 2.05) is 38.1 Å². The Morgan fingerprint density at radius 3 is 2.79 bits per heavy atom. The minimum absolute atomic E-state index is 0.0644. The Hall–Kier alpha value is -3.06. The van der Waals surface area contributed by atoms with E-state index in [4.69, 9.17) is 16.3 Å². The summed E-state index contributed by atoms with van der Waals surface area (Å²) in [6, 6.07) is 11.0. The maximum atomic E-state index is 12.1. The first kappa shape index (κ1) is 19.7. The predicted octanol–water partition coefficient (Wildman–Crippen LogP) is 3.66. The number of hydrogen-bond donors (Lipinski definition) is 2. The molecule has 0 unspecified atom stereocenters. The molecule has 2 aromatic heterocycles. The molecule has 0 bridgehead atoms. The number of nitrogens with zero attached hydrogens (tertiary/aromatic N) is 3. The molecule has 0 aliphatic heterocycles. The topological polar surface area (TPSA) is 81.1 Å². The summed E-state index contributed by atoms with van der Waals surface area (Å²) in [7, 11) is 1.58. The molecule has 1 amide bonds. The summed E-state index contributed by atoms with van der Waals surface area (Å²) in [5.41, 5.74) is 3.20. The van der Waals surface area contributed by atoms with E-state index < -0.39 is 0 Å². The molecular formula is C20H22ClN5O2. The highest BCUT2D eigenvalue weighted by Gasteiger charge is 2.14. The van der Waals surface area contributed by atoms with Crippen LogP contribution in [-0.4, -0.2) is 34.3 Å². The summed E-state index contributed by atoms with van der Waals surface area (Å²) in [5.74, 6) is 1.17. The van der Waals surface area contributed by atoms with Crippen LogP contribution >= 0.6 is 11.6 Å². The van der Waals surface area contributed by atoms with Crippen LogP contribution in [0.3, 0.4) is 0 Å². The second kappa shape index (κ2) is 8.75. The van der Waals surface area contributed by atoms with Crippen molar-refractivity contribution in [1.29, 1.82) is 0 Å². The Morgan fingerprint density at radius 1 is 1.25 bits per heavy atom. The van der Waals surface area contributed by atoms with Crippen molar-refractivity contribution in [2.75, 3.05) is 19.0 Å². The molecule has 146 valence electrons. The third kappa shape index (κ3) is 4.80. The molecule has 2 heterocycles. The number of ether oxygens (including phenoxy) is 1. The van der Waals surface area contributed by atoms with Crippen molar-refractivity contribution < 1.29 is 9.53 Å². The van der Waals surface area contributed by atoms with Crippen LogP contribution in [0.5, 0.6) is 5.75 Å². The van der Waals surface area contributed by atoms with Gasteiger partial charge >= 0.3 is 0 Å². The lowest BCUT2D eigenvalue weighted by Crippen LogP contribution is -2.25. The first-order valence-corrected chi connectivity index (χ1v) is 9.26. The number of methoxy groups -OCH3 is 1. The molecule has 0 saturated heterocycles. The number of aromatic nitrogens is 3. The second-order valence-corrected chi connectivity index (χ2v) is 6.66. The number of carbonyl (C=O) groups is 1. The Morgan fingerprint density at radius 2 is 2.07 bits per heavy atom. The largest absolute Gasteiger partial charge is 0.497 e. The third-order valence-corrected chi connectivity index (χ3v) is 4.22. The zero-order valence-corrected chi connectivity index (χ0v) is 16.7. The van der Waals surface area contributed by atoms with E-state index in [1.165, 1.54) is 0 Å². The summed E-state index contributed by atoms with van der Waals surface area (Å²) in [6.45, 7) is 4.38. The van der Waals surface area contributed by atoms with Crippen molar-refractivity contribution in [2.45, 2.75) is 20.3 Å². The highest BCUT2D eigenvalue weighted by atomic mass is 35.5. The van der Waals surface area contributed by atoms with Crippen molar-refractivity contribution in [3.05, 3.63) is 59.0 Å². The minimum atomic E-state index is -0.0644. The predicted molar refractivity (Wildman–Crippen MR) is 110 cm³/mol. The fraction of sp³-hybridized carbons (Fsp3) is 0.250. The first-order chi connectivity index (χ1) is 13.5. The zero-order valence-electron chi connectivity index (χ0n) is 16.0. The summed E-state index contributed by atoms with van der Waals surface area (Å²) in [5, 5.41) is 11.2. The van der Waals surface area contributed by atoms with Crippen molar-refractivity contribution in [1.82, 2.24) is 20.1 Å². The Balaban J connectivity index is 1.96. The monoisotopic (exact) mass is 399 g/mol. The molecule has 3 aromatic rings. The van der Waals surface area contributed by atoms with Crippen LogP contribution in [0.1, 0.15) is 18.3 Å². The lowest BCUT2D eigenvalue weighted by atomic mass is 10.2. The number of aryl methyl sites for hydroxylation is 1. The van der Waals surface area contributed by atoms with Gasteiger partial charge in [-0.1, -0.05) is 11.6 Å². The van der Waals surface area contributed by atoms with Gasteiger partial charge in [-0.15, -0.1) is 5.10 Å². The molecule has 28 heavy (non-hydrogen) atoms. The van der Waals surface area contributed by atoms with E-state index in [-0.39, 0.29) is 12.3 Å². The molecule has 1 aromatic carbocycles. The number of amides is 1. The van der Waals surface area contributed by atoms with Crippen LogP contribution in [0.15, 0.2) is 42.6 Å². The number of carbonyl (C=O) groups excluding carboxylic acids is 1. The van der Waals surface area contributed by atoms with E-state index in [2.05, 4.69) is 20.7 Å². The van der Waals surface area contributed by atoms with Crippen LogP contribution in [0, 0.1) is 6.92 Å². The summed E-state index contributed by atoms with van der Waals surface area (Å²) in [6.07, 6.45) is 1.93. The number of pyridine rings is 1. The lowest BCUT2D eigenvalue weighted by molar-refractivity contribution is -0.120. The highest BCUT2D eigenvalue weighted by molar-refractivity contribution is 6.31. The first-order valence-electron chi connectivity index (χ1n) is 8.88. The second-order valence-electron chi connectivity index (χ2n) is 6.22. The van der Waals surface area contributed by atoms with Crippen LogP contribution in [0.4, 0.5) is 11.5 Å². The number of benzene rings is 1. The normalized spacial score (nSPS) is 10.6. The van der Waals surface area contributed by atoms with Gasteiger partial charge < -0.3 is 15.4 Å². The SMILES string of the molecule is CCNC(=O)Cc1cc(Nc2cc(Cl)cc(OC)c2)nn1-c1ccnc(C)c1. The Kier molecular flexibility index (Phi) is 6.16. The molecule has 8 heteroatoms. The van der Waals surface area contributed by atoms with Gasteiger partial charge in [0.15, 0.2) is 5.82 Å². The van der Waals surface area contributed by atoms with Crippen LogP contribution < -0.4 is 15.4 Å². The van der Waals surface area contributed by atoms with Gasteiger partial charge in [0, 0.05) is 41.3 Å². The molecule has 0 radical (unpaired) electrons. The van der Waals surface area contributed by atoms with E-state index in [0.29, 0.717) is 23.1 Å². The van der Waals surface area contributed by atoms with E-state index in [9.17, 15) is 4.79 Å². The van der Waals surface area contributed by atoms with E-state index in [0.717, 1.165) is 22.8 Å². The average molecular weight is 400 g/mol. The molecule has 0 aliphatic rings. The number of halogens is 1. The molecule has 0 aliphatic carbocycles. The average Bonchev–Trinajstić information content (AvgIpc) is 3.03. The lowest BCUT2D eigenvalue weighted by Gasteiger charge is -2.08. The zero-order chi connectivity index (χ0) is 20.1. The van der Waals surface area contributed by atoms with Crippen LogP contribution in [0.2, 0.25) is 5.02 Å². The number of hydrogen-bond acceptors (Lipinski definition) is 5. The van der Waals surface area contributed by atoms with Gasteiger partial charge in [0.2, 0.25) is 5.91 Å². The van der Waals surface area contributed by atoms with E-state index in [1.54, 1.807) is 30.1 Å². The van der Waals surface area contributed by atoms with Crippen molar-refractivity contribution in [3.8, 4) is 11.4 Å². The molecule has 0 atom stereocenters. The van der Waals surface area contributed by atoms with Crippen molar-refractivity contribution >= 4 is 29.0 Å². The molecule has 0 spiro atoms. The van der Waals surface area contributed by atoms with Gasteiger partial charge in [0.25, 0.3) is 0 Å². The van der Waals surface area contributed by atoms with Gasteiger partial charge in [-0.05, 0) is 38.1 Å². The van der Waals surface area contributed by atoms with Crippen LogP contribution in [-0.2, 0) is 11.2 Å². The van der Waals surface area contributed by atoms with Crippen LogP contribution in [0.25, 0.3) is 5.69 Å². The summed E-state index contributed by atoms with van der Waals surface area (Å²) in [4.78, 5) is 16.4. The van der Waals surface area contributed by atoms with Gasteiger partial charge in [-0.3, -0.25) is 9.78 Å². The number of nitrogens with one attached hydrogen (secondary N) is 2. The third-order valence-electron chi connectivity index (χ3n) is 4.00. The van der Waals surface area contributed by atoms with Gasteiger partial charge in [-0.25, -0.2) is 4.68 Å². The van der Waals surface area contributed by atoms with E-state index >= 15 is 0 Å². The molecule has 0 fully saturated rings. The molecule has 7 nitrogen and oxygen atoms in total. The summed E-state index contributed by atoms with van der Waals surface area (Å²) < 4.78 is 7.00. The number of rotatable bonds is 7. The van der Waals surface area contributed by atoms with Gasteiger partial charge in [0.1, 0.15) is 5.75 Å².